The van der Waals surface area contributed by atoms with Crippen LogP contribution in [0.15, 0.2) is 30.6 Å². The van der Waals surface area contributed by atoms with Crippen LogP contribution >= 0.6 is 0 Å². The van der Waals surface area contributed by atoms with E-state index in [4.69, 9.17) is 9.90 Å². The van der Waals surface area contributed by atoms with Crippen molar-refractivity contribution in [2.24, 2.45) is 0 Å². The van der Waals surface area contributed by atoms with E-state index in [2.05, 4.69) is 15.3 Å². The first-order valence-corrected chi connectivity index (χ1v) is 10.5. The van der Waals surface area contributed by atoms with Gasteiger partial charge in [-0.25, -0.2) is 19.2 Å². The van der Waals surface area contributed by atoms with Gasteiger partial charge in [0.25, 0.3) is 0 Å². The van der Waals surface area contributed by atoms with Crippen molar-refractivity contribution >= 4 is 17.7 Å². The Balaban J connectivity index is 0.000000383. The third kappa shape index (κ3) is 6.87. The number of rotatable bonds is 4. The number of carbonyl (C=O) groups is 2. The molecule has 7 nitrogen and oxygen atoms in total. The van der Waals surface area contributed by atoms with Gasteiger partial charge in [-0.05, 0) is 43.4 Å². The number of carbonyl (C=O) groups excluding carboxylic acids is 1. The van der Waals surface area contributed by atoms with E-state index in [1.54, 1.807) is 18.5 Å². The van der Waals surface area contributed by atoms with Gasteiger partial charge in [-0.3, -0.25) is 4.79 Å². The van der Waals surface area contributed by atoms with E-state index in [1.165, 1.54) is 31.4 Å². The molecule has 1 aromatic heterocycles. The van der Waals surface area contributed by atoms with E-state index in [1.807, 2.05) is 4.90 Å². The number of nitrogens with one attached hydrogen (secondary N) is 1. The number of nitrogens with zero attached hydrogens (tertiary/aromatic N) is 3. The Hall–Kier alpha value is -3.24. The highest BCUT2D eigenvalue weighted by Gasteiger charge is 2.38. The molecule has 0 saturated heterocycles. The second-order valence-corrected chi connectivity index (χ2v) is 7.91. The van der Waals surface area contributed by atoms with Gasteiger partial charge in [0, 0.05) is 31.1 Å². The molecule has 2 heterocycles. The van der Waals surface area contributed by atoms with Crippen LogP contribution in [0, 0.1) is 5.82 Å². The molecule has 1 aromatic carbocycles. The summed E-state index contributed by atoms with van der Waals surface area (Å²) in [5, 5.41) is 10.7. The zero-order valence-corrected chi connectivity index (χ0v) is 17.7. The van der Waals surface area contributed by atoms with Crippen molar-refractivity contribution in [1.29, 1.82) is 0 Å². The number of fused-ring (bicyclic) bond motifs is 1. The molecule has 1 amide bonds. The third-order valence-electron chi connectivity index (χ3n) is 5.59. The fourth-order valence-electron chi connectivity index (χ4n) is 3.53. The first-order valence-electron chi connectivity index (χ1n) is 10.5. The van der Waals surface area contributed by atoms with Crippen LogP contribution in [-0.4, -0.2) is 57.2 Å². The average molecular weight is 468 g/mol. The molecule has 1 aliphatic carbocycles. The summed E-state index contributed by atoms with van der Waals surface area (Å²) in [7, 11) is 0. The summed E-state index contributed by atoms with van der Waals surface area (Å²) >= 11 is 0. The second kappa shape index (κ2) is 10.6. The van der Waals surface area contributed by atoms with Crippen molar-refractivity contribution in [3.05, 3.63) is 53.2 Å². The van der Waals surface area contributed by atoms with Gasteiger partial charge in [0.2, 0.25) is 5.91 Å². The van der Waals surface area contributed by atoms with Gasteiger partial charge in [0.15, 0.2) is 0 Å². The van der Waals surface area contributed by atoms with E-state index in [0.717, 1.165) is 35.5 Å². The normalized spacial score (nSPS) is 15.9. The van der Waals surface area contributed by atoms with Crippen molar-refractivity contribution in [1.82, 2.24) is 14.9 Å². The SMILES string of the molecule is O=C(Cc1ccc(F)cc1)N1CCc2ncnc(NC3CCC3)c2CC1.O=C(O)C(F)(F)F. The van der Waals surface area contributed by atoms with Gasteiger partial charge in [-0.1, -0.05) is 12.1 Å². The van der Waals surface area contributed by atoms with E-state index in [9.17, 15) is 22.4 Å². The summed E-state index contributed by atoms with van der Waals surface area (Å²) < 4.78 is 44.8. The van der Waals surface area contributed by atoms with E-state index >= 15 is 0 Å². The lowest BCUT2D eigenvalue weighted by Gasteiger charge is -2.28. The van der Waals surface area contributed by atoms with Crippen LogP contribution in [0.4, 0.5) is 23.4 Å². The number of alkyl halides is 3. The molecule has 2 aromatic rings. The Bertz CT molecular complexity index is 979. The zero-order chi connectivity index (χ0) is 24.0. The molecule has 0 unspecified atom stereocenters. The quantitative estimate of drug-likeness (QED) is 0.668. The number of aliphatic carboxylic acids is 1. The topological polar surface area (TPSA) is 95.4 Å². The molecule has 1 saturated carbocycles. The summed E-state index contributed by atoms with van der Waals surface area (Å²) in [5.74, 6) is -2.03. The lowest BCUT2D eigenvalue weighted by molar-refractivity contribution is -0.192. The molecule has 1 fully saturated rings. The lowest BCUT2D eigenvalue weighted by atomic mass is 9.93. The highest BCUT2D eigenvalue weighted by Crippen LogP contribution is 2.26. The molecule has 0 radical (unpaired) electrons. The summed E-state index contributed by atoms with van der Waals surface area (Å²) in [4.78, 5) is 32.3. The third-order valence-corrected chi connectivity index (χ3v) is 5.59. The van der Waals surface area contributed by atoms with Crippen LogP contribution in [0.3, 0.4) is 0 Å². The van der Waals surface area contributed by atoms with E-state index in [0.29, 0.717) is 25.6 Å². The van der Waals surface area contributed by atoms with Crippen LogP contribution < -0.4 is 5.32 Å². The van der Waals surface area contributed by atoms with Crippen LogP contribution in [-0.2, 0) is 28.9 Å². The van der Waals surface area contributed by atoms with Gasteiger partial charge in [-0.2, -0.15) is 13.2 Å². The standard InChI is InChI=1S/C20H23FN4O.C2HF3O2/c21-15-6-4-14(5-7-15)12-19(26)25-10-8-17-18(9-11-25)22-13-23-20(17)24-16-2-1-3-16;3-2(4,5)1(6)7/h4-7,13,16H,1-3,8-12H2,(H,22,23,24);(H,6,7). The van der Waals surface area contributed by atoms with Crippen molar-refractivity contribution in [2.45, 2.75) is 50.7 Å². The van der Waals surface area contributed by atoms with Crippen molar-refractivity contribution < 1.29 is 32.3 Å². The number of carboxylic acids is 1. The van der Waals surface area contributed by atoms with Crippen LogP contribution in [0.2, 0.25) is 0 Å². The monoisotopic (exact) mass is 468 g/mol. The van der Waals surface area contributed by atoms with Crippen LogP contribution in [0.1, 0.15) is 36.1 Å². The molecular weight excluding hydrogens is 444 g/mol. The van der Waals surface area contributed by atoms with E-state index in [-0.39, 0.29) is 11.7 Å². The first-order chi connectivity index (χ1) is 15.6. The fourth-order valence-corrected chi connectivity index (χ4v) is 3.53. The van der Waals surface area contributed by atoms with Crippen LogP contribution in [0.5, 0.6) is 0 Å². The minimum atomic E-state index is -5.08. The number of hydrogen-bond donors (Lipinski definition) is 2. The van der Waals surface area contributed by atoms with Crippen molar-refractivity contribution in [3.63, 3.8) is 0 Å². The Labute approximate surface area is 187 Å². The summed E-state index contributed by atoms with van der Waals surface area (Å²) in [5.41, 5.74) is 3.03. The number of benzene rings is 1. The summed E-state index contributed by atoms with van der Waals surface area (Å²) in [6, 6.07) is 6.66. The number of hydrogen-bond acceptors (Lipinski definition) is 5. The molecule has 0 bridgehead atoms. The lowest BCUT2D eigenvalue weighted by Crippen LogP contribution is -2.34. The smallest absolute Gasteiger partial charge is 0.475 e. The second-order valence-electron chi connectivity index (χ2n) is 7.91. The van der Waals surface area contributed by atoms with Crippen molar-refractivity contribution in [2.75, 3.05) is 18.4 Å². The minimum Gasteiger partial charge on any atom is -0.475 e. The number of halogens is 4. The Morgan fingerprint density at radius 2 is 1.73 bits per heavy atom. The molecular formula is C22H24F4N4O3. The van der Waals surface area contributed by atoms with Gasteiger partial charge < -0.3 is 15.3 Å². The molecule has 11 heteroatoms. The molecule has 178 valence electrons. The summed E-state index contributed by atoms with van der Waals surface area (Å²) in [6.07, 6.45) is 2.01. The predicted molar refractivity (Wildman–Crippen MR) is 111 cm³/mol. The zero-order valence-electron chi connectivity index (χ0n) is 17.7. The Kier molecular flexibility index (Phi) is 7.83. The number of aromatic nitrogens is 2. The molecule has 2 N–H and O–H groups in total. The molecule has 2 aliphatic rings. The Morgan fingerprint density at radius 3 is 2.30 bits per heavy atom. The molecule has 1 aliphatic heterocycles. The summed E-state index contributed by atoms with van der Waals surface area (Å²) in [6.45, 7) is 1.33. The maximum absolute atomic E-state index is 13.0. The molecule has 4 rings (SSSR count). The fraction of sp³-hybridized carbons (Fsp3) is 0.455. The maximum Gasteiger partial charge on any atom is 0.490 e. The Morgan fingerprint density at radius 1 is 1.09 bits per heavy atom. The number of anilines is 1. The van der Waals surface area contributed by atoms with Gasteiger partial charge in [0.05, 0.1) is 12.1 Å². The number of amides is 1. The minimum absolute atomic E-state index is 0.0749. The van der Waals surface area contributed by atoms with E-state index < -0.39 is 12.1 Å². The van der Waals surface area contributed by atoms with Gasteiger partial charge >= 0.3 is 12.1 Å². The molecule has 0 atom stereocenters. The largest absolute Gasteiger partial charge is 0.490 e. The average Bonchev–Trinajstić information content (AvgIpc) is 2.95. The first kappa shape index (κ1) is 24.4. The molecule has 0 spiro atoms. The highest BCUT2D eigenvalue weighted by atomic mass is 19.4. The number of carboxylic acid groups (broad SMARTS) is 1. The van der Waals surface area contributed by atoms with Crippen molar-refractivity contribution in [3.8, 4) is 0 Å². The highest BCUT2D eigenvalue weighted by molar-refractivity contribution is 5.79. The van der Waals surface area contributed by atoms with Gasteiger partial charge in [-0.15, -0.1) is 0 Å². The van der Waals surface area contributed by atoms with Crippen LogP contribution in [0.25, 0.3) is 0 Å². The van der Waals surface area contributed by atoms with Gasteiger partial charge in [0.1, 0.15) is 18.0 Å². The molecule has 33 heavy (non-hydrogen) atoms. The predicted octanol–water partition coefficient (Wildman–Crippen LogP) is 3.38. The maximum atomic E-state index is 13.0.